The Bertz CT molecular complexity index is 1360. The number of ketones is 1. The molecule has 0 saturated carbocycles. The fraction of sp³-hybridized carbons (Fsp3) is 0.300. The summed E-state index contributed by atoms with van der Waals surface area (Å²) in [5.74, 6) is 0.553. The fourth-order valence-electron chi connectivity index (χ4n) is 4.17. The van der Waals surface area contributed by atoms with Crippen molar-refractivity contribution in [2.24, 2.45) is 5.73 Å². The van der Waals surface area contributed by atoms with Crippen molar-refractivity contribution in [3.8, 4) is 17.2 Å². The fourth-order valence-corrected chi connectivity index (χ4v) is 4.17. The van der Waals surface area contributed by atoms with E-state index in [-0.39, 0.29) is 25.2 Å². The van der Waals surface area contributed by atoms with Crippen molar-refractivity contribution in [1.29, 1.82) is 0 Å². The highest BCUT2D eigenvalue weighted by atomic mass is 16.5. The number of esters is 1. The Labute approximate surface area is 234 Å². The highest BCUT2D eigenvalue weighted by Gasteiger charge is 2.22. The summed E-state index contributed by atoms with van der Waals surface area (Å²) in [5, 5.41) is 2.99. The molecule has 3 aromatic rings. The summed E-state index contributed by atoms with van der Waals surface area (Å²) in [5.41, 5.74) is 8.73. The van der Waals surface area contributed by atoms with Crippen LogP contribution in [0.25, 0.3) is 0 Å². The smallest absolute Gasteiger partial charge is 0.338 e. The summed E-state index contributed by atoms with van der Waals surface area (Å²) in [6.07, 6.45) is -0.486. The van der Waals surface area contributed by atoms with Crippen molar-refractivity contribution < 1.29 is 33.3 Å². The topological polar surface area (TPSA) is 129 Å². The predicted octanol–water partition coefficient (Wildman–Crippen LogP) is 4.53. The lowest BCUT2D eigenvalue weighted by atomic mass is 10.0. The number of methoxy groups -OCH3 is 2. The Morgan fingerprint density at radius 1 is 0.925 bits per heavy atom. The van der Waals surface area contributed by atoms with Gasteiger partial charge in [0.15, 0.2) is 17.7 Å². The van der Waals surface area contributed by atoms with Gasteiger partial charge in [0.1, 0.15) is 11.5 Å². The first-order valence-electron chi connectivity index (χ1n) is 12.7. The molecule has 1 unspecified atom stereocenters. The minimum Gasteiger partial charge on any atom is -0.495 e. The van der Waals surface area contributed by atoms with Crippen LogP contribution in [0.1, 0.15) is 34.8 Å². The number of para-hydroxylation sites is 1. The van der Waals surface area contributed by atoms with Gasteiger partial charge in [-0.05, 0) is 68.4 Å². The van der Waals surface area contributed by atoms with Crippen LogP contribution in [-0.2, 0) is 16.0 Å². The standard InChI is InChI=1S/C30H35N3O7/c1-6-39-29(35)21-12-14-25(27(17-21)38-5)40-28(32-3)18-22(34)15-20-11-13-24(26(16-20)37-4)33(30(31)36)23-10-8-7-9-19(23)2/h7-14,16-17,28,32H,6,15,18H2,1-5H3,(H2,31,36). The van der Waals surface area contributed by atoms with E-state index in [0.717, 1.165) is 5.56 Å². The molecule has 1 atom stereocenters. The number of urea groups is 1. The highest BCUT2D eigenvalue weighted by molar-refractivity contribution is 6.00. The summed E-state index contributed by atoms with van der Waals surface area (Å²) >= 11 is 0. The number of ether oxygens (including phenoxy) is 4. The molecule has 212 valence electrons. The number of Topliss-reactive ketones (excluding diaryl/α,β-unsaturated/α-hetero) is 1. The molecule has 0 radical (unpaired) electrons. The molecule has 3 aromatic carbocycles. The van der Waals surface area contributed by atoms with Crippen molar-refractivity contribution in [1.82, 2.24) is 5.32 Å². The van der Waals surface area contributed by atoms with Gasteiger partial charge in [-0.1, -0.05) is 24.3 Å². The molecule has 40 heavy (non-hydrogen) atoms. The molecule has 0 fully saturated rings. The Kier molecular flexibility index (Phi) is 10.5. The van der Waals surface area contributed by atoms with E-state index >= 15 is 0 Å². The van der Waals surface area contributed by atoms with Gasteiger partial charge < -0.3 is 24.7 Å². The molecule has 0 aliphatic carbocycles. The number of aryl methyl sites for hydroxylation is 1. The first-order chi connectivity index (χ1) is 19.2. The number of amides is 2. The summed E-state index contributed by atoms with van der Waals surface area (Å²) in [4.78, 5) is 38.8. The van der Waals surface area contributed by atoms with E-state index in [2.05, 4.69) is 5.32 Å². The summed E-state index contributed by atoms with van der Waals surface area (Å²) in [6, 6.07) is 16.6. The van der Waals surface area contributed by atoms with Crippen molar-refractivity contribution >= 4 is 29.2 Å². The van der Waals surface area contributed by atoms with Gasteiger partial charge in [-0.3, -0.25) is 15.0 Å². The van der Waals surface area contributed by atoms with Crippen molar-refractivity contribution in [2.45, 2.75) is 32.9 Å². The molecule has 0 aliphatic rings. The molecule has 0 saturated heterocycles. The van der Waals surface area contributed by atoms with Crippen LogP contribution in [0.15, 0.2) is 60.7 Å². The normalized spacial score (nSPS) is 11.3. The maximum Gasteiger partial charge on any atom is 0.338 e. The summed E-state index contributed by atoms with van der Waals surface area (Å²) < 4.78 is 21.9. The molecule has 10 heteroatoms. The number of nitrogens with zero attached hydrogens (tertiary/aromatic N) is 1. The van der Waals surface area contributed by atoms with Crippen LogP contribution in [0.5, 0.6) is 17.2 Å². The molecule has 0 aliphatic heterocycles. The van der Waals surface area contributed by atoms with E-state index in [1.54, 1.807) is 50.4 Å². The second kappa shape index (κ2) is 14.0. The number of nitrogens with two attached hydrogens (primary N) is 1. The van der Waals surface area contributed by atoms with Crippen molar-refractivity contribution in [3.05, 3.63) is 77.4 Å². The van der Waals surface area contributed by atoms with Crippen molar-refractivity contribution in [2.75, 3.05) is 32.8 Å². The molecule has 3 N–H and O–H groups in total. The number of carbonyl (C=O) groups excluding carboxylic acids is 3. The van der Waals surface area contributed by atoms with Crippen LogP contribution < -0.4 is 30.2 Å². The maximum absolute atomic E-state index is 13.0. The van der Waals surface area contributed by atoms with Gasteiger partial charge >= 0.3 is 12.0 Å². The lowest BCUT2D eigenvalue weighted by Crippen LogP contribution is -2.34. The van der Waals surface area contributed by atoms with E-state index < -0.39 is 18.2 Å². The van der Waals surface area contributed by atoms with Gasteiger partial charge in [0, 0.05) is 6.42 Å². The molecular weight excluding hydrogens is 514 g/mol. The zero-order valence-electron chi connectivity index (χ0n) is 23.4. The monoisotopic (exact) mass is 549 g/mol. The predicted molar refractivity (Wildman–Crippen MR) is 152 cm³/mol. The van der Waals surface area contributed by atoms with Crippen LogP contribution in [0.2, 0.25) is 0 Å². The zero-order chi connectivity index (χ0) is 29.2. The minimum absolute atomic E-state index is 0.0555. The quantitative estimate of drug-likeness (QED) is 0.235. The summed E-state index contributed by atoms with van der Waals surface area (Å²) in [7, 11) is 4.64. The Morgan fingerprint density at radius 2 is 1.65 bits per heavy atom. The van der Waals surface area contributed by atoms with Gasteiger partial charge in [-0.2, -0.15) is 0 Å². The molecule has 0 bridgehead atoms. The van der Waals surface area contributed by atoms with Crippen LogP contribution in [0.3, 0.4) is 0 Å². The lowest BCUT2D eigenvalue weighted by Gasteiger charge is -2.24. The number of carbonyl (C=O) groups is 3. The third-order valence-electron chi connectivity index (χ3n) is 6.14. The first-order valence-corrected chi connectivity index (χ1v) is 12.7. The lowest BCUT2D eigenvalue weighted by molar-refractivity contribution is -0.120. The van der Waals surface area contributed by atoms with Gasteiger partial charge in [0.05, 0.1) is 44.2 Å². The maximum atomic E-state index is 13.0. The van der Waals surface area contributed by atoms with E-state index in [1.165, 1.54) is 25.2 Å². The Balaban J connectivity index is 1.74. The zero-order valence-corrected chi connectivity index (χ0v) is 23.4. The third-order valence-corrected chi connectivity index (χ3v) is 6.14. The van der Waals surface area contributed by atoms with Crippen LogP contribution in [-0.4, -0.2) is 51.9 Å². The SMILES string of the molecule is CCOC(=O)c1ccc(OC(CC(=O)Cc2ccc(N(C(N)=O)c3ccccc3C)c(OC)c2)NC)c(OC)c1. The highest BCUT2D eigenvalue weighted by Crippen LogP contribution is 2.36. The number of nitrogens with one attached hydrogen (secondary N) is 1. The van der Waals surface area contributed by atoms with E-state index in [0.29, 0.717) is 39.8 Å². The average Bonchev–Trinajstić information content (AvgIpc) is 2.94. The molecule has 0 spiro atoms. The Hall–Kier alpha value is -4.57. The van der Waals surface area contributed by atoms with Crippen molar-refractivity contribution in [3.63, 3.8) is 0 Å². The van der Waals surface area contributed by atoms with E-state index in [4.69, 9.17) is 24.7 Å². The second-order valence-electron chi connectivity index (χ2n) is 8.87. The third kappa shape index (κ3) is 7.29. The number of primary amides is 1. The number of benzene rings is 3. The van der Waals surface area contributed by atoms with Crippen LogP contribution in [0.4, 0.5) is 16.2 Å². The number of anilines is 2. The number of rotatable bonds is 13. The Morgan fingerprint density at radius 3 is 2.27 bits per heavy atom. The average molecular weight is 550 g/mol. The summed E-state index contributed by atoms with van der Waals surface area (Å²) in [6.45, 7) is 3.87. The van der Waals surface area contributed by atoms with Crippen LogP contribution >= 0.6 is 0 Å². The van der Waals surface area contributed by atoms with Gasteiger partial charge in [-0.25, -0.2) is 9.59 Å². The largest absolute Gasteiger partial charge is 0.495 e. The molecular formula is C30H35N3O7. The van der Waals surface area contributed by atoms with E-state index in [1.807, 2.05) is 25.1 Å². The van der Waals surface area contributed by atoms with E-state index in [9.17, 15) is 14.4 Å². The minimum atomic E-state index is -0.656. The number of hydrogen-bond donors (Lipinski definition) is 2. The molecule has 10 nitrogen and oxygen atoms in total. The molecule has 3 rings (SSSR count). The van der Waals surface area contributed by atoms with Gasteiger partial charge in [-0.15, -0.1) is 0 Å². The molecule has 0 heterocycles. The van der Waals surface area contributed by atoms with Gasteiger partial charge in [0.25, 0.3) is 0 Å². The number of hydrogen-bond acceptors (Lipinski definition) is 8. The first kappa shape index (κ1) is 30.0. The van der Waals surface area contributed by atoms with Gasteiger partial charge in [0.2, 0.25) is 0 Å². The van der Waals surface area contributed by atoms with Crippen LogP contribution in [0, 0.1) is 6.92 Å². The molecule has 0 aromatic heterocycles. The second-order valence-corrected chi connectivity index (χ2v) is 8.87. The molecule has 2 amide bonds.